The van der Waals surface area contributed by atoms with Gasteiger partial charge in [-0.2, -0.15) is 0 Å². The van der Waals surface area contributed by atoms with Crippen molar-refractivity contribution < 1.29 is 28.9 Å². The number of imide groups is 1. The number of ether oxygens (including phenoxy) is 3. The Hall–Kier alpha value is -3.42. The van der Waals surface area contributed by atoms with Gasteiger partial charge in [0.2, 0.25) is 11.7 Å². The zero-order chi connectivity index (χ0) is 29.2. The van der Waals surface area contributed by atoms with Gasteiger partial charge in [0, 0.05) is 57.3 Å². The van der Waals surface area contributed by atoms with E-state index in [1.807, 2.05) is 50.2 Å². The summed E-state index contributed by atoms with van der Waals surface area (Å²) in [5.41, 5.74) is 3.30. The molecule has 4 rings (SSSR count). The number of nitrogens with one attached hydrogen (secondary N) is 1. The van der Waals surface area contributed by atoms with Crippen LogP contribution in [0, 0.1) is 11.8 Å². The fourth-order valence-corrected chi connectivity index (χ4v) is 4.67. The van der Waals surface area contributed by atoms with Crippen LogP contribution < -0.4 is 15.0 Å². The molecule has 2 aromatic carbocycles. The molecule has 0 spiro atoms. The number of anilines is 1. The first kappa shape index (κ1) is 30.5. The fraction of sp³-hybridized carbons (Fsp3) is 0.500. The van der Waals surface area contributed by atoms with E-state index in [-0.39, 0.29) is 18.5 Å². The topological polar surface area (TPSA) is 101 Å². The smallest absolute Gasteiger partial charge is 0.331 e. The molecule has 0 bridgehead atoms. The summed E-state index contributed by atoms with van der Waals surface area (Å²) in [6, 6.07) is 12.8. The number of nitrogens with zero attached hydrogens (tertiary/aromatic N) is 2. The van der Waals surface area contributed by atoms with Crippen molar-refractivity contribution in [3.63, 3.8) is 0 Å². The van der Waals surface area contributed by atoms with Crippen LogP contribution in [0.4, 0.5) is 10.5 Å². The lowest BCUT2D eigenvalue weighted by Crippen LogP contribution is -2.35. The van der Waals surface area contributed by atoms with E-state index >= 15 is 0 Å². The van der Waals surface area contributed by atoms with Crippen LogP contribution in [0.2, 0.25) is 0 Å². The maximum absolute atomic E-state index is 12.2. The number of benzene rings is 2. The van der Waals surface area contributed by atoms with Crippen molar-refractivity contribution >= 4 is 17.6 Å². The molecule has 0 aromatic heterocycles. The van der Waals surface area contributed by atoms with E-state index in [0.717, 1.165) is 59.6 Å². The standard InChI is InChI=1S/C32H41N3O6/c1-32(2)40-23-26-20-25(14-15-29(26)41-32)28(36)21-33-16-7-4-5-8-17-39-18-9-6-11-24-12-10-13-27(19-24)35-22-30(37)34(3)31(35)38/h10,12-15,19-20,28,33,36H,4-5,7-9,16-18,21-23H2,1-3H3/t28-/m0/s1. The second-order valence-corrected chi connectivity index (χ2v) is 10.8. The van der Waals surface area contributed by atoms with Gasteiger partial charge in [-0.05, 0) is 55.3 Å². The summed E-state index contributed by atoms with van der Waals surface area (Å²) in [4.78, 5) is 26.5. The first-order chi connectivity index (χ1) is 19.7. The van der Waals surface area contributed by atoms with Gasteiger partial charge in [0.15, 0.2) is 0 Å². The molecular formula is C32H41N3O6. The van der Waals surface area contributed by atoms with Gasteiger partial charge in [-0.15, -0.1) is 0 Å². The average Bonchev–Trinajstić information content (AvgIpc) is 3.22. The molecule has 2 aromatic rings. The fourth-order valence-electron chi connectivity index (χ4n) is 4.67. The van der Waals surface area contributed by atoms with E-state index in [1.54, 1.807) is 6.07 Å². The second-order valence-electron chi connectivity index (χ2n) is 10.8. The number of rotatable bonds is 13. The number of carbonyl (C=O) groups excluding carboxylic acids is 2. The Kier molecular flexibility index (Phi) is 10.8. The minimum absolute atomic E-state index is 0.0567. The molecule has 1 atom stereocenters. The van der Waals surface area contributed by atoms with E-state index in [0.29, 0.717) is 38.5 Å². The van der Waals surface area contributed by atoms with Gasteiger partial charge in [-0.1, -0.05) is 36.8 Å². The Morgan fingerprint density at radius 1 is 1.10 bits per heavy atom. The molecule has 9 heteroatoms. The molecule has 0 aliphatic carbocycles. The first-order valence-corrected chi connectivity index (χ1v) is 14.3. The normalized spacial score (nSPS) is 16.7. The number of amides is 3. The number of aliphatic hydroxyl groups excluding tert-OH is 1. The van der Waals surface area contributed by atoms with Crippen LogP contribution in [0.25, 0.3) is 0 Å². The lowest BCUT2D eigenvalue weighted by atomic mass is 10.0. The van der Waals surface area contributed by atoms with Crippen LogP contribution >= 0.6 is 0 Å². The number of carbonyl (C=O) groups is 2. The molecule has 2 aliphatic rings. The van der Waals surface area contributed by atoms with Gasteiger partial charge < -0.3 is 24.6 Å². The molecule has 9 nitrogen and oxygen atoms in total. The highest BCUT2D eigenvalue weighted by Gasteiger charge is 2.34. The molecule has 2 aliphatic heterocycles. The number of urea groups is 1. The predicted molar refractivity (Wildman–Crippen MR) is 157 cm³/mol. The molecule has 3 amide bonds. The van der Waals surface area contributed by atoms with Crippen LogP contribution in [-0.2, 0) is 20.9 Å². The largest absolute Gasteiger partial charge is 0.463 e. The van der Waals surface area contributed by atoms with E-state index < -0.39 is 11.9 Å². The van der Waals surface area contributed by atoms with Crippen molar-refractivity contribution in [1.29, 1.82) is 0 Å². The van der Waals surface area contributed by atoms with Crippen LogP contribution in [0.5, 0.6) is 5.75 Å². The number of hydrogen-bond acceptors (Lipinski definition) is 7. The van der Waals surface area contributed by atoms with Gasteiger partial charge >= 0.3 is 6.03 Å². The number of likely N-dealkylation sites (N-methyl/N-ethyl adjacent to an activating group) is 1. The monoisotopic (exact) mass is 563 g/mol. The predicted octanol–water partition coefficient (Wildman–Crippen LogP) is 4.37. The molecule has 0 saturated carbocycles. The van der Waals surface area contributed by atoms with Crippen LogP contribution in [-0.4, -0.2) is 67.6 Å². The summed E-state index contributed by atoms with van der Waals surface area (Å²) in [6.07, 6.45) is 4.31. The zero-order valence-corrected chi connectivity index (χ0v) is 24.3. The quantitative estimate of drug-likeness (QED) is 0.212. The summed E-state index contributed by atoms with van der Waals surface area (Å²) in [6.45, 7) is 6.98. The molecule has 1 saturated heterocycles. The molecule has 0 unspecified atom stereocenters. The maximum Gasteiger partial charge on any atom is 0.331 e. The molecule has 0 radical (unpaired) electrons. The van der Waals surface area contributed by atoms with E-state index in [2.05, 4.69) is 17.2 Å². The number of hydrogen-bond donors (Lipinski definition) is 2. The van der Waals surface area contributed by atoms with Crippen LogP contribution in [0.3, 0.4) is 0 Å². The number of aliphatic hydroxyl groups is 1. The minimum Gasteiger partial charge on any atom is -0.463 e. The summed E-state index contributed by atoms with van der Waals surface area (Å²) in [7, 11) is 1.49. The third-order valence-electron chi connectivity index (χ3n) is 7.08. The summed E-state index contributed by atoms with van der Waals surface area (Å²) in [5, 5.41) is 13.9. The van der Waals surface area contributed by atoms with Gasteiger partial charge in [0.1, 0.15) is 12.3 Å². The number of fused-ring (bicyclic) bond motifs is 1. The van der Waals surface area contributed by atoms with Crippen molar-refractivity contribution in [2.24, 2.45) is 0 Å². The molecule has 41 heavy (non-hydrogen) atoms. The minimum atomic E-state index is -0.620. The molecule has 220 valence electrons. The average molecular weight is 564 g/mol. The van der Waals surface area contributed by atoms with Crippen LogP contribution in [0.1, 0.15) is 68.7 Å². The van der Waals surface area contributed by atoms with E-state index in [1.165, 1.54) is 11.9 Å². The highest BCUT2D eigenvalue weighted by atomic mass is 16.7. The van der Waals surface area contributed by atoms with Gasteiger partial charge in [0.25, 0.3) is 0 Å². The lowest BCUT2D eigenvalue weighted by molar-refractivity contribution is -0.180. The Balaban J connectivity index is 1.02. The second kappa shape index (κ2) is 14.5. The molecule has 1 fully saturated rings. The SMILES string of the molecule is CN1C(=O)CN(c2cccc(C#CCCOCCCCCCNC[C@H](O)c3ccc4c(c3)COC(C)(C)O4)c2)C1=O. The highest BCUT2D eigenvalue weighted by molar-refractivity contribution is 6.11. The number of unbranched alkanes of at least 4 members (excludes halogenated alkanes) is 3. The maximum atomic E-state index is 12.2. The first-order valence-electron chi connectivity index (χ1n) is 14.3. The molecule has 2 N–H and O–H groups in total. The highest BCUT2D eigenvalue weighted by Crippen LogP contribution is 2.32. The Bertz CT molecular complexity index is 1270. The van der Waals surface area contributed by atoms with Crippen molar-refractivity contribution in [3.8, 4) is 17.6 Å². The van der Waals surface area contributed by atoms with Gasteiger partial charge in [0.05, 0.1) is 19.3 Å². The van der Waals surface area contributed by atoms with Crippen molar-refractivity contribution in [3.05, 3.63) is 59.2 Å². The van der Waals surface area contributed by atoms with E-state index in [4.69, 9.17) is 14.2 Å². The van der Waals surface area contributed by atoms with Crippen LogP contribution in [0.15, 0.2) is 42.5 Å². The Morgan fingerprint density at radius 3 is 2.73 bits per heavy atom. The van der Waals surface area contributed by atoms with E-state index in [9.17, 15) is 14.7 Å². The third-order valence-corrected chi connectivity index (χ3v) is 7.08. The summed E-state index contributed by atoms with van der Waals surface area (Å²) >= 11 is 0. The van der Waals surface area contributed by atoms with Gasteiger partial charge in [-0.3, -0.25) is 14.6 Å². The van der Waals surface area contributed by atoms with Crippen molar-refractivity contribution in [1.82, 2.24) is 10.2 Å². The zero-order valence-electron chi connectivity index (χ0n) is 24.3. The lowest BCUT2D eigenvalue weighted by Gasteiger charge is -2.33. The molecular weight excluding hydrogens is 522 g/mol. The molecule has 2 heterocycles. The Labute approximate surface area is 242 Å². The summed E-state index contributed by atoms with van der Waals surface area (Å²) in [5.74, 6) is 6.20. The van der Waals surface area contributed by atoms with Crippen molar-refractivity contribution in [2.75, 3.05) is 44.8 Å². The third kappa shape index (κ3) is 8.78. The van der Waals surface area contributed by atoms with Gasteiger partial charge in [-0.25, -0.2) is 4.79 Å². The van der Waals surface area contributed by atoms with Crippen molar-refractivity contribution in [2.45, 2.75) is 64.4 Å². The Morgan fingerprint density at radius 2 is 1.93 bits per heavy atom. The summed E-state index contributed by atoms with van der Waals surface area (Å²) < 4.78 is 17.2.